The number of aryl methyl sites for hydroxylation is 1. The third-order valence-electron chi connectivity index (χ3n) is 4.22. The Balaban J connectivity index is 1.74. The van der Waals surface area contributed by atoms with Crippen molar-refractivity contribution in [3.05, 3.63) is 24.0 Å². The van der Waals surface area contributed by atoms with Crippen molar-refractivity contribution in [3.63, 3.8) is 0 Å². The van der Waals surface area contributed by atoms with Crippen LogP contribution in [0.3, 0.4) is 0 Å². The van der Waals surface area contributed by atoms with Gasteiger partial charge in [-0.1, -0.05) is 6.92 Å². The molecule has 1 aromatic rings. The van der Waals surface area contributed by atoms with E-state index >= 15 is 0 Å². The van der Waals surface area contributed by atoms with Crippen LogP contribution in [0.2, 0.25) is 0 Å². The van der Waals surface area contributed by atoms with Crippen LogP contribution in [0.1, 0.15) is 33.3 Å². The molecular weight excluding hydrogens is 234 g/mol. The third-order valence-corrected chi connectivity index (χ3v) is 4.22. The second kappa shape index (κ2) is 6.10. The van der Waals surface area contributed by atoms with Gasteiger partial charge in [-0.3, -0.25) is 9.80 Å². The van der Waals surface area contributed by atoms with Crippen molar-refractivity contribution in [3.8, 4) is 0 Å². The highest BCUT2D eigenvalue weighted by Crippen LogP contribution is 2.15. The summed E-state index contributed by atoms with van der Waals surface area (Å²) in [5.74, 6) is 0. The van der Waals surface area contributed by atoms with Gasteiger partial charge in [0.1, 0.15) is 0 Å². The van der Waals surface area contributed by atoms with Crippen LogP contribution < -0.4 is 0 Å². The lowest BCUT2D eigenvalue weighted by Gasteiger charge is -2.42. The Bertz CT molecular complexity index is 381. The summed E-state index contributed by atoms with van der Waals surface area (Å²) in [6.07, 6.45) is 5.63. The molecule has 1 aromatic heterocycles. The van der Waals surface area contributed by atoms with Gasteiger partial charge >= 0.3 is 0 Å². The maximum Gasteiger partial charge on any atom is 0.0347 e. The van der Waals surface area contributed by atoms with Gasteiger partial charge in [0, 0.05) is 57.2 Å². The van der Waals surface area contributed by atoms with Gasteiger partial charge < -0.3 is 4.57 Å². The van der Waals surface area contributed by atoms with E-state index in [2.05, 4.69) is 60.5 Å². The van der Waals surface area contributed by atoms with E-state index < -0.39 is 0 Å². The minimum Gasteiger partial charge on any atom is -0.353 e. The Morgan fingerprint density at radius 1 is 1.05 bits per heavy atom. The molecule has 0 aromatic carbocycles. The molecular formula is C16H29N3. The summed E-state index contributed by atoms with van der Waals surface area (Å²) in [6, 6.07) is 2.23. The van der Waals surface area contributed by atoms with Crippen molar-refractivity contribution < 1.29 is 0 Å². The van der Waals surface area contributed by atoms with Crippen LogP contribution >= 0.6 is 0 Å². The first-order chi connectivity index (χ1) is 8.99. The number of nitrogens with zero attached hydrogens (tertiary/aromatic N) is 3. The molecule has 108 valence electrons. The quantitative estimate of drug-likeness (QED) is 0.827. The number of piperazine rings is 1. The van der Waals surface area contributed by atoms with Gasteiger partial charge in [-0.2, -0.15) is 0 Å². The fourth-order valence-electron chi connectivity index (χ4n) is 2.74. The number of hydrogen-bond acceptors (Lipinski definition) is 2. The summed E-state index contributed by atoms with van der Waals surface area (Å²) < 4.78 is 2.33. The predicted molar refractivity (Wildman–Crippen MR) is 81.6 cm³/mol. The van der Waals surface area contributed by atoms with E-state index in [0.717, 1.165) is 13.0 Å². The van der Waals surface area contributed by atoms with Gasteiger partial charge in [0.2, 0.25) is 0 Å². The fraction of sp³-hybridized carbons (Fsp3) is 0.750. The molecule has 3 heteroatoms. The topological polar surface area (TPSA) is 11.4 Å². The molecule has 2 heterocycles. The van der Waals surface area contributed by atoms with E-state index in [4.69, 9.17) is 0 Å². The highest BCUT2D eigenvalue weighted by atomic mass is 15.3. The van der Waals surface area contributed by atoms with Gasteiger partial charge in [0.05, 0.1) is 0 Å². The lowest BCUT2D eigenvalue weighted by atomic mass is 10.1. The van der Waals surface area contributed by atoms with E-state index in [1.807, 2.05) is 0 Å². The summed E-state index contributed by atoms with van der Waals surface area (Å²) in [5, 5.41) is 0. The summed E-state index contributed by atoms with van der Waals surface area (Å²) in [5.41, 5.74) is 1.76. The molecule has 1 aliphatic rings. The molecule has 0 spiro atoms. The molecule has 19 heavy (non-hydrogen) atoms. The largest absolute Gasteiger partial charge is 0.353 e. The van der Waals surface area contributed by atoms with Crippen LogP contribution in [0, 0.1) is 0 Å². The maximum atomic E-state index is 2.59. The van der Waals surface area contributed by atoms with Gasteiger partial charge in [-0.15, -0.1) is 0 Å². The highest BCUT2D eigenvalue weighted by molar-refractivity contribution is 5.09. The second-order valence-corrected chi connectivity index (χ2v) is 6.61. The van der Waals surface area contributed by atoms with E-state index in [0.29, 0.717) is 5.54 Å². The lowest BCUT2D eigenvalue weighted by Crippen LogP contribution is -2.53. The van der Waals surface area contributed by atoms with E-state index in [1.54, 1.807) is 0 Å². The number of hydrogen-bond donors (Lipinski definition) is 0. The smallest absolute Gasteiger partial charge is 0.0347 e. The Labute approximate surface area is 118 Å². The van der Waals surface area contributed by atoms with Crippen molar-refractivity contribution in [1.82, 2.24) is 14.4 Å². The molecule has 3 nitrogen and oxygen atoms in total. The third kappa shape index (κ3) is 4.08. The molecule has 1 saturated heterocycles. The van der Waals surface area contributed by atoms with Gasteiger partial charge in [0.15, 0.2) is 0 Å². The second-order valence-electron chi connectivity index (χ2n) is 6.61. The van der Waals surface area contributed by atoms with Crippen molar-refractivity contribution in [2.45, 2.75) is 46.2 Å². The normalized spacial score (nSPS) is 18.9. The zero-order valence-corrected chi connectivity index (χ0v) is 13.0. The number of rotatable bonds is 4. The molecule has 1 fully saturated rings. The first-order valence-corrected chi connectivity index (χ1v) is 7.61. The van der Waals surface area contributed by atoms with Crippen LogP contribution in [0.25, 0.3) is 0 Å². The zero-order valence-electron chi connectivity index (χ0n) is 13.0. The highest BCUT2D eigenvalue weighted by Gasteiger charge is 2.25. The van der Waals surface area contributed by atoms with Crippen molar-refractivity contribution in [1.29, 1.82) is 0 Å². The monoisotopic (exact) mass is 263 g/mol. The standard InChI is InChI=1S/C16H29N3/c1-5-15-6-7-18(14-15)9-8-17-10-12-19(13-11-17)16(2,3)4/h6-7,14H,5,8-13H2,1-4H3. The SMILES string of the molecule is CCc1ccn(CCN2CCN(C(C)(C)C)CC2)c1. The van der Waals surface area contributed by atoms with E-state index in [1.165, 1.54) is 38.3 Å². The molecule has 1 aliphatic heterocycles. The summed E-state index contributed by atoms with van der Waals surface area (Å²) >= 11 is 0. The molecule has 0 saturated carbocycles. The summed E-state index contributed by atoms with van der Waals surface area (Å²) in [6.45, 7) is 16.3. The average molecular weight is 263 g/mol. The molecule has 0 N–H and O–H groups in total. The first-order valence-electron chi connectivity index (χ1n) is 7.61. The van der Waals surface area contributed by atoms with Gasteiger partial charge in [-0.05, 0) is 38.8 Å². The van der Waals surface area contributed by atoms with Crippen LogP contribution in [0.5, 0.6) is 0 Å². The van der Waals surface area contributed by atoms with Crippen LogP contribution in [-0.4, -0.2) is 52.6 Å². The average Bonchev–Trinajstić information content (AvgIpc) is 2.84. The molecule has 0 amide bonds. The Hall–Kier alpha value is -0.800. The van der Waals surface area contributed by atoms with Crippen LogP contribution in [0.15, 0.2) is 18.5 Å². The number of aromatic nitrogens is 1. The van der Waals surface area contributed by atoms with Crippen molar-refractivity contribution in [2.24, 2.45) is 0 Å². The zero-order chi connectivity index (χ0) is 13.9. The lowest BCUT2D eigenvalue weighted by molar-refractivity contribution is 0.0609. The molecule has 0 atom stereocenters. The fourth-order valence-corrected chi connectivity index (χ4v) is 2.74. The first kappa shape index (κ1) is 14.6. The molecule has 0 radical (unpaired) electrons. The Kier molecular flexibility index (Phi) is 4.69. The summed E-state index contributed by atoms with van der Waals surface area (Å²) in [7, 11) is 0. The minimum absolute atomic E-state index is 0.322. The van der Waals surface area contributed by atoms with Gasteiger partial charge in [-0.25, -0.2) is 0 Å². The van der Waals surface area contributed by atoms with Crippen LogP contribution in [-0.2, 0) is 13.0 Å². The molecule has 0 aliphatic carbocycles. The predicted octanol–water partition coefficient (Wildman–Crippen LogP) is 2.47. The molecule has 0 bridgehead atoms. The summed E-state index contributed by atoms with van der Waals surface area (Å²) in [4.78, 5) is 5.18. The van der Waals surface area contributed by atoms with E-state index in [9.17, 15) is 0 Å². The minimum atomic E-state index is 0.322. The van der Waals surface area contributed by atoms with Crippen molar-refractivity contribution >= 4 is 0 Å². The van der Waals surface area contributed by atoms with Gasteiger partial charge in [0.25, 0.3) is 0 Å². The maximum absolute atomic E-state index is 2.59. The van der Waals surface area contributed by atoms with E-state index in [-0.39, 0.29) is 0 Å². The van der Waals surface area contributed by atoms with Crippen LogP contribution in [0.4, 0.5) is 0 Å². The molecule has 0 unspecified atom stereocenters. The van der Waals surface area contributed by atoms with Crippen molar-refractivity contribution in [2.75, 3.05) is 32.7 Å². The Morgan fingerprint density at radius 2 is 1.74 bits per heavy atom. The Morgan fingerprint density at radius 3 is 2.26 bits per heavy atom. The molecule has 2 rings (SSSR count).